The van der Waals surface area contributed by atoms with Gasteiger partial charge in [-0.25, -0.2) is 4.98 Å². The predicted octanol–water partition coefficient (Wildman–Crippen LogP) is 4.66. The van der Waals surface area contributed by atoms with E-state index < -0.39 is 0 Å². The highest BCUT2D eigenvalue weighted by atomic mass is 16.5. The molecule has 2 aromatic carbocycles. The van der Waals surface area contributed by atoms with Crippen LogP contribution in [0, 0.1) is 6.92 Å². The molecule has 176 valence electrons. The summed E-state index contributed by atoms with van der Waals surface area (Å²) in [5.41, 5.74) is 3.68. The fourth-order valence-electron chi connectivity index (χ4n) is 3.34. The molecular formula is C26H34N4O3. The number of methoxy groups -OCH3 is 1. The molecule has 1 amide bonds. The number of aromatic nitrogens is 2. The highest BCUT2D eigenvalue weighted by Gasteiger charge is 2.11. The number of carbonyl (C=O) groups excluding carboxylic acids is 1. The summed E-state index contributed by atoms with van der Waals surface area (Å²) in [6.07, 6.45) is 5.66. The van der Waals surface area contributed by atoms with Crippen LogP contribution in [0.2, 0.25) is 0 Å². The number of aryl methyl sites for hydroxylation is 2. The first-order chi connectivity index (χ1) is 16.0. The van der Waals surface area contributed by atoms with Crippen molar-refractivity contribution in [3.05, 3.63) is 60.6 Å². The third kappa shape index (κ3) is 7.08. The fraction of sp³-hybridized carbons (Fsp3) is 0.385. The molecule has 0 aliphatic heterocycles. The Kier molecular flexibility index (Phi) is 8.89. The van der Waals surface area contributed by atoms with Crippen molar-refractivity contribution in [1.82, 2.24) is 14.9 Å². The minimum atomic E-state index is -0.0704. The van der Waals surface area contributed by atoms with Gasteiger partial charge < -0.3 is 24.7 Å². The molecule has 7 heteroatoms. The molecule has 2 N–H and O–H groups in total. The second kappa shape index (κ2) is 12.1. The molecule has 0 spiro atoms. The third-order valence-electron chi connectivity index (χ3n) is 5.56. The fourth-order valence-corrected chi connectivity index (χ4v) is 3.34. The van der Waals surface area contributed by atoms with Crippen molar-refractivity contribution >= 4 is 11.6 Å². The van der Waals surface area contributed by atoms with Crippen LogP contribution in [0.15, 0.2) is 55.0 Å². The maximum Gasteiger partial charge on any atom is 0.238 e. The average molecular weight is 451 g/mol. The lowest BCUT2D eigenvalue weighted by molar-refractivity contribution is -0.115. The van der Waals surface area contributed by atoms with Crippen LogP contribution in [0.1, 0.15) is 32.3 Å². The summed E-state index contributed by atoms with van der Waals surface area (Å²) < 4.78 is 13.3. The summed E-state index contributed by atoms with van der Waals surface area (Å²) in [5, 5.41) is 6.21. The van der Waals surface area contributed by atoms with E-state index >= 15 is 0 Å². The SMILES string of the molecule is CCC(C)NCC(=O)Nc1c(C)cccc1OCCCn1cnc(-c2ccc(OC)cc2)c1. The summed E-state index contributed by atoms with van der Waals surface area (Å²) in [6, 6.07) is 14.0. The van der Waals surface area contributed by atoms with Gasteiger partial charge in [-0.2, -0.15) is 0 Å². The van der Waals surface area contributed by atoms with E-state index in [1.54, 1.807) is 7.11 Å². The number of hydrogen-bond acceptors (Lipinski definition) is 5. The Labute approximate surface area is 196 Å². The molecule has 0 fully saturated rings. The minimum Gasteiger partial charge on any atom is -0.497 e. The first kappa shape index (κ1) is 24.3. The lowest BCUT2D eigenvalue weighted by Gasteiger charge is -2.16. The minimum absolute atomic E-state index is 0.0704. The molecular weight excluding hydrogens is 416 g/mol. The van der Waals surface area contributed by atoms with Gasteiger partial charge in [-0.05, 0) is 62.6 Å². The van der Waals surface area contributed by atoms with Gasteiger partial charge in [0.2, 0.25) is 5.91 Å². The average Bonchev–Trinajstić information content (AvgIpc) is 3.31. The smallest absolute Gasteiger partial charge is 0.238 e. The zero-order valence-corrected chi connectivity index (χ0v) is 19.9. The lowest BCUT2D eigenvalue weighted by Crippen LogP contribution is -2.34. The molecule has 1 unspecified atom stereocenters. The maximum atomic E-state index is 12.4. The Hall–Kier alpha value is -3.32. The van der Waals surface area contributed by atoms with Crippen molar-refractivity contribution < 1.29 is 14.3 Å². The highest BCUT2D eigenvalue weighted by Crippen LogP contribution is 2.28. The molecule has 0 saturated carbocycles. The Morgan fingerprint density at radius 1 is 1.18 bits per heavy atom. The first-order valence-electron chi connectivity index (χ1n) is 11.4. The number of anilines is 1. The van der Waals surface area contributed by atoms with Crippen molar-refractivity contribution in [1.29, 1.82) is 0 Å². The number of amides is 1. The molecule has 1 atom stereocenters. The number of benzene rings is 2. The number of ether oxygens (including phenoxy) is 2. The van der Waals surface area contributed by atoms with Crippen LogP contribution in [-0.2, 0) is 11.3 Å². The van der Waals surface area contributed by atoms with E-state index in [-0.39, 0.29) is 12.5 Å². The van der Waals surface area contributed by atoms with Crippen molar-refractivity contribution in [2.24, 2.45) is 0 Å². The largest absolute Gasteiger partial charge is 0.497 e. The van der Waals surface area contributed by atoms with E-state index in [9.17, 15) is 4.79 Å². The number of imidazole rings is 1. The number of nitrogens with zero attached hydrogens (tertiary/aromatic N) is 2. The van der Waals surface area contributed by atoms with Gasteiger partial charge in [0.05, 0.1) is 38.0 Å². The van der Waals surface area contributed by atoms with E-state index in [4.69, 9.17) is 9.47 Å². The maximum absolute atomic E-state index is 12.4. The van der Waals surface area contributed by atoms with Gasteiger partial charge in [0.15, 0.2) is 0 Å². The van der Waals surface area contributed by atoms with Gasteiger partial charge in [0.1, 0.15) is 11.5 Å². The van der Waals surface area contributed by atoms with Gasteiger partial charge in [0, 0.05) is 24.3 Å². The van der Waals surface area contributed by atoms with Crippen molar-refractivity contribution in [3.63, 3.8) is 0 Å². The number of hydrogen-bond donors (Lipinski definition) is 2. The lowest BCUT2D eigenvalue weighted by atomic mass is 10.1. The zero-order valence-electron chi connectivity index (χ0n) is 19.9. The number of carbonyl (C=O) groups is 1. The predicted molar refractivity (Wildman–Crippen MR) is 132 cm³/mol. The summed E-state index contributed by atoms with van der Waals surface area (Å²) in [5.74, 6) is 1.45. The molecule has 0 radical (unpaired) electrons. The molecule has 3 rings (SSSR count). The van der Waals surface area contributed by atoms with E-state index in [2.05, 4.69) is 34.0 Å². The van der Waals surface area contributed by atoms with Crippen LogP contribution in [0.3, 0.4) is 0 Å². The number of rotatable bonds is 12. The van der Waals surface area contributed by atoms with Gasteiger partial charge >= 0.3 is 0 Å². The van der Waals surface area contributed by atoms with E-state index in [1.807, 2.05) is 61.9 Å². The van der Waals surface area contributed by atoms with Crippen LogP contribution in [0.5, 0.6) is 11.5 Å². The number of nitrogens with one attached hydrogen (secondary N) is 2. The Bertz CT molecular complexity index is 1030. The highest BCUT2D eigenvalue weighted by molar-refractivity contribution is 5.94. The summed E-state index contributed by atoms with van der Waals surface area (Å²) in [6.45, 7) is 7.72. The van der Waals surface area contributed by atoms with Crippen molar-refractivity contribution in [2.45, 2.75) is 46.2 Å². The van der Waals surface area contributed by atoms with Crippen LogP contribution < -0.4 is 20.1 Å². The zero-order chi connectivity index (χ0) is 23.6. The van der Waals surface area contributed by atoms with Crippen LogP contribution >= 0.6 is 0 Å². The standard InChI is InChI=1S/C26H34N4O3/c1-5-20(3)27-16-25(31)29-26-19(2)8-6-9-24(26)33-15-7-14-30-17-23(28-18-30)21-10-12-22(32-4)13-11-21/h6,8-13,17-18,20,27H,5,7,14-16H2,1-4H3,(H,29,31). The normalized spacial score (nSPS) is 11.8. The third-order valence-corrected chi connectivity index (χ3v) is 5.56. The van der Waals surface area contributed by atoms with Crippen LogP contribution in [0.4, 0.5) is 5.69 Å². The van der Waals surface area contributed by atoms with Crippen LogP contribution in [-0.4, -0.2) is 41.8 Å². The van der Waals surface area contributed by atoms with E-state index in [0.29, 0.717) is 18.4 Å². The second-order valence-corrected chi connectivity index (χ2v) is 8.11. The summed E-state index contributed by atoms with van der Waals surface area (Å²) in [7, 11) is 1.66. The van der Waals surface area contributed by atoms with Crippen molar-refractivity contribution in [3.8, 4) is 22.8 Å². The molecule has 3 aromatic rings. The Morgan fingerprint density at radius 3 is 2.70 bits per heavy atom. The molecule has 7 nitrogen and oxygen atoms in total. The molecule has 1 heterocycles. The van der Waals surface area contributed by atoms with E-state index in [1.165, 1.54) is 0 Å². The molecule has 0 aliphatic rings. The van der Waals surface area contributed by atoms with Gasteiger partial charge in [-0.15, -0.1) is 0 Å². The molecule has 0 bridgehead atoms. The molecule has 1 aromatic heterocycles. The van der Waals surface area contributed by atoms with Gasteiger partial charge in [0.25, 0.3) is 0 Å². The summed E-state index contributed by atoms with van der Waals surface area (Å²) in [4.78, 5) is 16.9. The first-order valence-corrected chi connectivity index (χ1v) is 11.4. The Balaban J connectivity index is 1.51. The van der Waals surface area contributed by atoms with Gasteiger partial charge in [-0.1, -0.05) is 19.1 Å². The molecule has 33 heavy (non-hydrogen) atoms. The quantitative estimate of drug-likeness (QED) is 0.392. The Morgan fingerprint density at radius 2 is 1.97 bits per heavy atom. The van der Waals surface area contributed by atoms with Crippen molar-refractivity contribution in [2.75, 3.05) is 25.6 Å². The molecule has 0 aliphatic carbocycles. The topological polar surface area (TPSA) is 77.4 Å². The number of para-hydroxylation sites is 1. The molecule has 0 saturated heterocycles. The van der Waals surface area contributed by atoms with Crippen LogP contribution in [0.25, 0.3) is 11.3 Å². The second-order valence-electron chi connectivity index (χ2n) is 8.11. The monoisotopic (exact) mass is 450 g/mol. The summed E-state index contributed by atoms with van der Waals surface area (Å²) >= 11 is 0. The van der Waals surface area contributed by atoms with E-state index in [0.717, 1.165) is 47.6 Å². The van der Waals surface area contributed by atoms with Gasteiger partial charge in [-0.3, -0.25) is 4.79 Å².